The molecule has 0 aliphatic carbocycles. The van der Waals surface area contributed by atoms with Gasteiger partial charge in [-0.05, 0) is 108 Å². The zero-order valence-corrected chi connectivity index (χ0v) is 59.0. The van der Waals surface area contributed by atoms with Gasteiger partial charge in [-0.1, -0.05) is 114 Å². The van der Waals surface area contributed by atoms with Crippen molar-refractivity contribution >= 4 is 87.3 Å². The highest BCUT2D eigenvalue weighted by molar-refractivity contribution is 8.06. The van der Waals surface area contributed by atoms with E-state index in [2.05, 4.69) is 30.2 Å². The number of likely N-dealkylation sites (tertiary alicyclic amines) is 2. The molecular weight excluding hydrogens is 1230 g/mol. The van der Waals surface area contributed by atoms with E-state index in [9.17, 15) is 42.6 Å². The number of hydrogen-bond donors (Lipinski definition) is 3. The molecule has 2 aromatic heterocycles. The molecule has 0 saturated carbocycles. The molecule has 0 bridgehead atoms. The highest BCUT2D eigenvalue weighted by Crippen LogP contribution is 2.34. The minimum absolute atomic E-state index is 0.0139. The van der Waals surface area contributed by atoms with E-state index >= 15 is 0 Å². The van der Waals surface area contributed by atoms with Crippen LogP contribution in [0.25, 0.3) is 10.4 Å². The summed E-state index contributed by atoms with van der Waals surface area (Å²) in [4.78, 5) is 127. The van der Waals surface area contributed by atoms with Crippen molar-refractivity contribution < 1.29 is 71.5 Å². The number of esters is 4. The number of halogens is 1. The van der Waals surface area contributed by atoms with Crippen molar-refractivity contribution in [3.05, 3.63) is 42.6 Å². The molecule has 29 heteroatoms. The van der Waals surface area contributed by atoms with Crippen LogP contribution < -0.4 is 5.32 Å². The number of likely N-dealkylation sites (N-methyl/N-ethyl adjacent to an activating group) is 2. The largest absolute Gasteiger partial charge is 0.480 e. The summed E-state index contributed by atoms with van der Waals surface area (Å²) in [5, 5.41) is 20.4. The van der Waals surface area contributed by atoms with Crippen molar-refractivity contribution in [2.24, 2.45) is 28.8 Å². The summed E-state index contributed by atoms with van der Waals surface area (Å²) in [5.74, 6) is -3.61. The van der Waals surface area contributed by atoms with Gasteiger partial charge in [0.25, 0.3) is 0 Å². The predicted molar refractivity (Wildman–Crippen MR) is 348 cm³/mol. The summed E-state index contributed by atoms with van der Waals surface area (Å²) in [5.41, 5.74) is 9.57. The Morgan fingerprint density at radius 3 is 1.47 bits per heavy atom. The molecule has 24 nitrogen and oxygen atoms in total. The topological polar surface area (TPSA) is 313 Å². The number of carbonyl (C=O) groups excluding carboxylic acids is 7. The zero-order chi connectivity index (χ0) is 67.5. The molecule has 2 aliphatic rings. The molecule has 2 aliphatic heterocycles. The second-order valence-electron chi connectivity index (χ2n) is 23.4. The van der Waals surface area contributed by atoms with Crippen LogP contribution >= 0.6 is 39.7 Å². The van der Waals surface area contributed by atoms with Gasteiger partial charge in [0.15, 0.2) is 24.8 Å². The Bertz CT molecular complexity index is 2530. The number of thiazole rings is 2. The summed E-state index contributed by atoms with van der Waals surface area (Å²) in [6.07, 6.45) is 10.00. The van der Waals surface area contributed by atoms with E-state index in [1.807, 2.05) is 102 Å². The smallest absolute Gasteiger partial charge is 0.357 e. The third kappa shape index (κ3) is 28.2. The molecule has 8 unspecified atom stereocenters. The molecule has 3 amide bonds. The van der Waals surface area contributed by atoms with E-state index in [0.29, 0.717) is 38.5 Å². The average Bonchev–Trinajstić information content (AvgIpc) is 2.45. The standard InChI is InChI=1S/C30H50N4O6S.C23H37N5O5S.C7H13NO2.FH3OP2/c1-9-13-25(35)40-18-34(24(19(3)4)16-21(6)28-31-22(17-41-28)30(38)39-8)29(37)26(20(5)10-2)32-27(36)23-14-11-12-15-33(23)7;1-8-10-19(29)33-13-28(22(30)20(26-27-24)15(5)9-2)18(14(3)4)11-16(6)21-25-17(12-34-21)23(31)32-7;1-8-5-3-2-4-6(8)7(9)10;1-3-4-2/h17,19-21,23-24,26H,9-16,18H2,1-8H3,(H,32,36);12,14-16,18,20H,8-11,13H2,1-7H3;6H,2-5H2,1H3,(H,9,10);2-4H/t20?,21-,23?,24-,26?;15?,16-,18-,20?;;/m11../s1. The quantitative estimate of drug-likeness (QED) is 0.0120. The minimum Gasteiger partial charge on any atom is -0.480 e. The molecule has 0 radical (unpaired) electrons. The number of aliphatic carboxylic acids is 1. The maximum Gasteiger partial charge on any atom is 0.357 e. The van der Waals surface area contributed by atoms with Gasteiger partial charge in [0.1, 0.15) is 26.7 Å². The van der Waals surface area contributed by atoms with E-state index in [1.54, 1.807) is 15.7 Å². The number of carbonyl (C=O) groups is 8. The van der Waals surface area contributed by atoms with E-state index in [-0.39, 0.29) is 127 Å². The SMILES string of the molecule is CCCC(=O)OCN(C(=O)C(N=[N+]=[N-])C(C)CC)[C@H](C[C@@H](C)c1nc(C(=O)OC)cs1)C(C)C.CCCC(=O)OCN(C(=O)C(NC(=O)C1CCCCN1C)C(C)CC)[C@H](C[C@@H](C)c1nc(C(=O)OC)cs1)C(C)C.CN1CCCCC1C(=O)O.OPPF. The number of nitrogens with zero attached hydrogens (tertiary/aromatic N) is 9. The van der Waals surface area contributed by atoms with Gasteiger partial charge < -0.3 is 44.1 Å². The second kappa shape index (κ2) is 44.5. The summed E-state index contributed by atoms with van der Waals surface area (Å²) >= 11 is 2.73. The Balaban J connectivity index is 0.000000737. The fourth-order valence-electron chi connectivity index (χ4n) is 10.1. The molecule has 2 saturated heterocycles. The Morgan fingerprint density at radius 1 is 0.719 bits per heavy atom. The van der Waals surface area contributed by atoms with E-state index < -0.39 is 47.1 Å². The van der Waals surface area contributed by atoms with E-state index in [1.165, 1.54) is 41.8 Å². The number of aromatic nitrogens is 2. The number of carboxylic acid groups (broad SMARTS) is 1. The summed E-state index contributed by atoms with van der Waals surface area (Å²) in [7, 11) is 5.17. The van der Waals surface area contributed by atoms with E-state index in [0.717, 1.165) is 61.6 Å². The second-order valence-corrected chi connectivity index (χ2v) is 26.8. The molecule has 0 aromatic carbocycles. The number of hydrogen-bond acceptors (Lipinski definition) is 20. The number of amides is 3. The first-order chi connectivity index (χ1) is 42.2. The van der Waals surface area contributed by atoms with Crippen LogP contribution in [0.3, 0.4) is 0 Å². The molecule has 89 heavy (non-hydrogen) atoms. The van der Waals surface area contributed by atoms with Crippen LogP contribution in [0.5, 0.6) is 0 Å². The van der Waals surface area contributed by atoms with Crippen molar-refractivity contribution in [1.82, 2.24) is 34.9 Å². The van der Waals surface area contributed by atoms with Crippen LogP contribution in [0.1, 0.15) is 216 Å². The van der Waals surface area contributed by atoms with Gasteiger partial charge in [-0.15, -0.1) is 22.7 Å². The number of piperidine rings is 2. The highest BCUT2D eigenvalue weighted by atomic mass is 32.1. The van der Waals surface area contributed by atoms with Crippen LogP contribution in [0.2, 0.25) is 0 Å². The Hall–Kier alpha value is -5.00. The lowest BCUT2D eigenvalue weighted by Crippen LogP contribution is -2.59. The number of carboxylic acids is 1. The van der Waals surface area contributed by atoms with Crippen LogP contribution in [-0.4, -0.2) is 178 Å². The van der Waals surface area contributed by atoms with Crippen molar-refractivity contribution in [1.29, 1.82) is 0 Å². The molecule has 2 fully saturated rings. The van der Waals surface area contributed by atoms with Crippen molar-refractivity contribution in [2.45, 2.75) is 221 Å². The van der Waals surface area contributed by atoms with Gasteiger partial charge in [-0.25, -0.2) is 23.8 Å². The summed E-state index contributed by atoms with van der Waals surface area (Å²) in [6.45, 7) is 24.9. The number of nitrogens with one attached hydrogen (secondary N) is 1. The fraction of sp³-hybridized carbons (Fsp3) is 0.767. The van der Waals surface area contributed by atoms with Crippen LogP contribution in [0, 0.1) is 23.7 Å². The lowest BCUT2D eigenvalue weighted by molar-refractivity contribution is -0.160. The zero-order valence-electron chi connectivity index (χ0n) is 55.3. The Kier molecular flexibility index (Phi) is 41.0. The lowest BCUT2D eigenvalue weighted by atomic mass is 9.90. The maximum atomic E-state index is 14.3. The average molecular weight is 1330 g/mol. The summed E-state index contributed by atoms with van der Waals surface area (Å²) < 4.78 is 31.1. The van der Waals surface area contributed by atoms with Gasteiger partial charge in [0.2, 0.25) is 17.7 Å². The molecule has 0 spiro atoms. The minimum atomic E-state index is -0.901. The van der Waals surface area contributed by atoms with Gasteiger partial charge >= 0.3 is 29.8 Å². The van der Waals surface area contributed by atoms with Crippen molar-refractivity contribution in [2.75, 3.05) is 54.9 Å². The summed E-state index contributed by atoms with van der Waals surface area (Å²) in [6, 6.07) is -2.78. The lowest BCUT2D eigenvalue weighted by Gasteiger charge is -2.39. The molecule has 4 rings (SSSR count). The fourth-order valence-corrected chi connectivity index (χ4v) is 11.8. The van der Waals surface area contributed by atoms with Gasteiger partial charge in [0.05, 0.1) is 38.8 Å². The van der Waals surface area contributed by atoms with Crippen molar-refractivity contribution in [3.63, 3.8) is 0 Å². The first-order valence-electron chi connectivity index (χ1n) is 30.9. The Morgan fingerprint density at radius 2 is 1.13 bits per heavy atom. The maximum absolute atomic E-state index is 14.3. The molecule has 506 valence electrons. The number of rotatable bonds is 31. The van der Waals surface area contributed by atoms with Gasteiger partial charge in [-0.3, -0.25) is 38.6 Å². The normalized spacial score (nSPS) is 17.9. The first-order valence-corrected chi connectivity index (χ1v) is 35.5. The molecule has 2 aromatic rings. The third-order valence-electron chi connectivity index (χ3n) is 16.0. The van der Waals surface area contributed by atoms with E-state index in [4.69, 9.17) is 34.5 Å². The monoisotopic (exact) mass is 1330 g/mol. The molecule has 3 N–H and O–H groups in total. The number of ether oxygens (including phenoxy) is 4. The van der Waals surface area contributed by atoms with Gasteiger partial charge in [0, 0.05) is 52.4 Å². The van der Waals surface area contributed by atoms with Gasteiger partial charge in [-0.2, -0.15) is 0 Å². The number of methoxy groups -OCH3 is 2. The van der Waals surface area contributed by atoms with Crippen LogP contribution in [-0.2, 0) is 47.7 Å². The third-order valence-corrected chi connectivity index (χ3v) is 18.5. The van der Waals surface area contributed by atoms with Crippen molar-refractivity contribution in [3.8, 4) is 0 Å². The highest BCUT2D eigenvalue weighted by Gasteiger charge is 2.39. The van der Waals surface area contributed by atoms with Crippen LogP contribution in [0.15, 0.2) is 15.9 Å². The predicted octanol–water partition coefficient (Wildman–Crippen LogP) is 11.5. The molecule has 4 heterocycles. The van der Waals surface area contributed by atoms with Crippen LogP contribution in [0.4, 0.5) is 4.20 Å². The first kappa shape index (κ1) is 82.0. The number of azide groups is 1. The Labute approximate surface area is 538 Å². The molecular formula is C60H103FN10O14P2S2. The molecule has 12 atom stereocenters.